The third-order valence-corrected chi connectivity index (χ3v) is 2.71. The van der Waals surface area contributed by atoms with E-state index in [4.69, 9.17) is 0 Å². The number of nitrogens with zero attached hydrogens (tertiary/aromatic N) is 3. The highest BCUT2D eigenvalue weighted by Gasteiger charge is 2.23. The number of nitro groups is 2. The minimum atomic E-state index is -0.754. The standard InChI is InChI=1S/C11H9N5O5/c1-6-4-7(15(18)19)2-3-8(6)13-11(17)10-9(16(20)21)5-12-14-10/h2-5H,1H3,(H,12,14)(H,13,17). The van der Waals surface area contributed by atoms with Crippen molar-refractivity contribution in [1.29, 1.82) is 0 Å². The molecule has 0 aliphatic rings. The van der Waals surface area contributed by atoms with Crippen molar-refractivity contribution in [3.05, 3.63) is 55.9 Å². The van der Waals surface area contributed by atoms with E-state index in [-0.39, 0.29) is 11.4 Å². The summed E-state index contributed by atoms with van der Waals surface area (Å²) in [7, 11) is 0. The number of rotatable bonds is 4. The van der Waals surface area contributed by atoms with Crippen LogP contribution in [0.5, 0.6) is 0 Å². The lowest BCUT2D eigenvalue weighted by Crippen LogP contribution is -2.15. The zero-order valence-electron chi connectivity index (χ0n) is 10.7. The molecule has 0 saturated carbocycles. The molecule has 1 amide bonds. The van der Waals surface area contributed by atoms with Crippen molar-refractivity contribution in [2.75, 3.05) is 5.32 Å². The van der Waals surface area contributed by atoms with Gasteiger partial charge in [-0.3, -0.25) is 30.1 Å². The molecular weight excluding hydrogens is 282 g/mol. The minimum Gasteiger partial charge on any atom is -0.320 e. The van der Waals surface area contributed by atoms with Gasteiger partial charge in [-0.15, -0.1) is 0 Å². The monoisotopic (exact) mass is 291 g/mol. The predicted molar refractivity (Wildman–Crippen MR) is 71.0 cm³/mol. The summed E-state index contributed by atoms with van der Waals surface area (Å²) in [5, 5.41) is 29.5. The average molecular weight is 291 g/mol. The minimum absolute atomic E-state index is 0.113. The van der Waals surface area contributed by atoms with E-state index in [0.29, 0.717) is 11.3 Å². The number of carbonyl (C=O) groups is 1. The van der Waals surface area contributed by atoms with Crippen molar-refractivity contribution < 1.29 is 14.6 Å². The van der Waals surface area contributed by atoms with E-state index in [1.54, 1.807) is 6.92 Å². The molecule has 0 radical (unpaired) electrons. The zero-order valence-corrected chi connectivity index (χ0v) is 10.7. The van der Waals surface area contributed by atoms with E-state index in [2.05, 4.69) is 15.5 Å². The van der Waals surface area contributed by atoms with Gasteiger partial charge in [0, 0.05) is 17.8 Å². The summed E-state index contributed by atoms with van der Waals surface area (Å²) in [6.07, 6.45) is 0.928. The Kier molecular flexibility index (Phi) is 3.61. The number of aromatic amines is 1. The molecule has 0 aliphatic heterocycles. The molecule has 0 saturated heterocycles. The van der Waals surface area contributed by atoms with Crippen molar-refractivity contribution >= 4 is 23.0 Å². The molecule has 1 aromatic carbocycles. The Morgan fingerprint density at radius 2 is 2.00 bits per heavy atom. The molecule has 1 aromatic heterocycles. The number of anilines is 1. The largest absolute Gasteiger partial charge is 0.320 e. The van der Waals surface area contributed by atoms with Crippen LogP contribution in [0.3, 0.4) is 0 Å². The average Bonchev–Trinajstić information content (AvgIpc) is 2.90. The van der Waals surface area contributed by atoms with E-state index in [9.17, 15) is 25.0 Å². The SMILES string of the molecule is Cc1cc([N+](=O)[O-])ccc1NC(=O)c1[nH]ncc1[N+](=O)[O-]. The molecule has 2 rings (SSSR count). The predicted octanol–water partition coefficient (Wildman–Crippen LogP) is 1.79. The molecule has 10 heteroatoms. The number of aryl methyl sites for hydroxylation is 1. The first-order valence-electron chi connectivity index (χ1n) is 5.64. The van der Waals surface area contributed by atoms with E-state index in [1.165, 1.54) is 18.2 Å². The van der Waals surface area contributed by atoms with Gasteiger partial charge >= 0.3 is 5.69 Å². The van der Waals surface area contributed by atoms with Gasteiger partial charge in [0.05, 0.1) is 9.85 Å². The number of H-pyrrole nitrogens is 1. The number of nitrogens with one attached hydrogen (secondary N) is 2. The number of non-ortho nitro benzene ring substituents is 1. The second-order valence-corrected chi connectivity index (χ2v) is 4.10. The van der Waals surface area contributed by atoms with Crippen molar-refractivity contribution in [2.45, 2.75) is 6.92 Å². The molecule has 1 heterocycles. The fourth-order valence-corrected chi connectivity index (χ4v) is 1.67. The fourth-order valence-electron chi connectivity index (χ4n) is 1.67. The topological polar surface area (TPSA) is 144 Å². The van der Waals surface area contributed by atoms with Crippen LogP contribution >= 0.6 is 0 Å². The lowest BCUT2D eigenvalue weighted by molar-refractivity contribution is -0.385. The van der Waals surface area contributed by atoms with Crippen LogP contribution in [0.2, 0.25) is 0 Å². The quantitative estimate of drug-likeness (QED) is 0.648. The van der Waals surface area contributed by atoms with Gasteiger partial charge in [0.25, 0.3) is 11.6 Å². The highest BCUT2D eigenvalue weighted by molar-refractivity contribution is 6.05. The van der Waals surface area contributed by atoms with Crippen LogP contribution in [0, 0.1) is 27.2 Å². The van der Waals surface area contributed by atoms with Gasteiger partial charge < -0.3 is 5.32 Å². The Morgan fingerprint density at radius 3 is 2.57 bits per heavy atom. The summed E-state index contributed by atoms with van der Waals surface area (Å²) >= 11 is 0. The summed E-state index contributed by atoms with van der Waals surface area (Å²) in [5.41, 5.74) is -0.0861. The van der Waals surface area contributed by atoms with Crippen LogP contribution in [-0.4, -0.2) is 26.0 Å². The number of hydrogen-bond acceptors (Lipinski definition) is 6. The number of hydrogen-bond donors (Lipinski definition) is 2. The van der Waals surface area contributed by atoms with Crippen LogP contribution in [0.4, 0.5) is 17.1 Å². The summed E-state index contributed by atoms with van der Waals surface area (Å²) < 4.78 is 0. The molecule has 0 fully saturated rings. The van der Waals surface area contributed by atoms with E-state index < -0.39 is 21.4 Å². The van der Waals surface area contributed by atoms with Crippen LogP contribution < -0.4 is 5.32 Å². The molecular formula is C11H9N5O5. The summed E-state index contributed by atoms with van der Waals surface area (Å²) in [6.45, 7) is 1.57. The van der Waals surface area contributed by atoms with Gasteiger partial charge in [0.15, 0.2) is 0 Å². The maximum absolute atomic E-state index is 12.0. The first-order valence-corrected chi connectivity index (χ1v) is 5.64. The molecule has 2 aromatic rings. The molecule has 21 heavy (non-hydrogen) atoms. The number of aromatic nitrogens is 2. The third-order valence-electron chi connectivity index (χ3n) is 2.71. The van der Waals surface area contributed by atoms with Crippen LogP contribution in [0.25, 0.3) is 0 Å². The van der Waals surface area contributed by atoms with Crippen molar-refractivity contribution in [1.82, 2.24) is 10.2 Å². The normalized spacial score (nSPS) is 10.1. The second-order valence-electron chi connectivity index (χ2n) is 4.10. The number of benzene rings is 1. The van der Waals surface area contributed by atoms with E-state index in [1.807, 2.05) is 0 Å². The first kappa shape index (κ1) is 14.1. The number of amides is 1. The number of carbonyl (C=O) groups excluding carboxylic acids is 1. The maximum Gasteiger partial charge on any atom is 0.319 e. The maximum atomic E-state index is 12.0. The molecule has 10 nitrogen and oxygen atoms in total. The van der Waals surface area contributed by atoms with Gasteiger partial charge in [0.2, 0.25) is 5.69 Å². The second kappa shape index (κ2) is 5.36. The van der Waals surface area contributed by atoms with Crippen LogP contribution in [0.15, 0.2) is 24.4 Å². The van der Waals surface area contributed by atoms with Crippen LogP contribution in [0.1, 0.15) is 16.1 Å². The van der Waals surface area contributed by atoms with E-state index in [0.717, 1.165) is 6.20 Å². The Balaban J connectivity index is 2.26. The number of nitro benzene ring substituents is 1. The molecule has 2 N–H and O–H groups in total. The molecule has 0 atom stereocenters. The van der Waals surface area contributed by atoms with Gasteiger partial charge in [-0.1, -0.05) is 0 Å². The summed E-state index contributed by atoms with van der Waals surface area (Å²) in [5.74, 6) is -0.754. The van der Waals surface area contributed by atoms with Crippen molar-refractivity contribution in [3.8, 4) is 0 Å². The summed E-state index contributed by atoms with van der Waals surface area (Å²) in [6, 6.07) is 3.87. The smallest absolute Gasteiger partial charge is 0.319 e. The highest BCUT2D eigenvalue weighted by atomic mass is 16.6. The van der Waals surface area contributed by atoms with Gasteiger partial charge in [0.1, 0.15) is 6.20 Å². The van der Waals surface area contributed by atoms with E-state index >= 15 is 0 Å². The van der Waals surface area contributed by atoms with Gasteiger partial charge in [-0.25, -0.2) is 0 Å². The first-order chi connectivity index (χ1) is 9.90. The molecule has 0 unspecified atom stereocenters. The van der Waals surface area contributed by atoms with Gasteiger partial charge in [-0.05, 0) is 18.6 Å². The molecule has 0 bridgehead atoms. The Morgan fingerprint density at radius 1 is 1.29 bits per heavy atom. The van der Waals surface area contributed by atoms with Crippen molar-refractivity contribution in [2.24, 2.45) is 0 Å². The Hall–Kier alpha value is -3.30. The van der Waals surface area contributed by atoms with Gasteiger partial charge in [-0.2, -0.15) is 5.10 Å². The Bertz CT molecular complexity index is 738. The lowest BCUT2D eigenvalue weighted by atomic mass is 10.1. The third kappa shape index (κ3) is 2.83. The van der Waals surface area contributed by atoms with Crippen molar-refractivity contribution in [3.63, 3.8) is 0 Å². The highest BCUT2D eigenvalue weighted by Crippen LogP contribution is 2.23. The Labute approximate surface area is 117 Å². The lowest BCUT2D eigenvalue weighted by Gasteiger charge is -2.06. The fraction of sp³-hybridized carbons (Fsp3) is 0.0909. The molecule has 0 spiro atoms. The van der Waals surface area contributed by atoms with Crippen LogP contribution in [-0.2, 0) is 0 Å². The molecule has 108 valence electrons. The zero-order chi connectivity index (χ0) is 15.6. The molecule has 0 aliphatic carbocycles. The summed E-state index contributed by atoms with van der Waals surface area (Å²) in [4.78, 5) is 32.0.